The number of ketones is 1. The second-order valence-corrected chi connectivity index (χ2v) is 4.71. The van der Waals surface area contributed by atoms with Gasteiger partial charge in [0.2, 0.25) is 0 Å². The molecule has 102 valence electrons. The molecule has 2 N–H and O–H groups in total. The molecule has 7 heteroatoms. The van der Waals surface area contributed by atoms with Crippen LogP contribution < -0.4 is 5.73 Å². The van der Waals surface area contributed by atoms with E-state index < -0.39 is 11.5 Å². The molecule has 1 atom stereocenters. The molecule has 0 radical (unpaired) electrons. The first kappa shape index (κ1) is 16.7. The van der Waals surface area contributed by atoms with Crippen molar-refractivity contribution in [3.63, 3.8) is 0 Å². The van der Waals surface area contributed by atoms with E-state index in [4.69, 9.17) is 5.73 Å². The van der Waals surface area contributed by atoms with E-state index in [1.54, 1.807) is 0 Å². The topological polar surface area (TPSA) is 95.7 Å². The molecule has 0 fully saturated rings. The number of hydrogen-bond donors (Lipinski definition) is 1. The molecule has 0 saturated carbocycles. The Hall–Kier alpha value is -1.34. The first-order valence-corrected chi connectivity index (χ1v) is 6.57. The van der Waals surface area contributed by atoms with E-state index in [1.165, 1.54) is 25.6 Å². The minimum Gasteiger partial charge on any atom is -0.310 e. The fourth-order valence-electron chi connectivity index (χ4n) is 0.971. The average molecular weight is 275 g/mol. The van der Waals surface area contributed by atoms with E-state index in [2.05, 4.69) is 9.78 Å². The quantitative estimate of drug-likeness (QED) is 0.173. The first-order chi connectivity index (χ1) is 8.35. The van der Waals surface area contributed by atoms with Gasteiger partial charge in [-0.1, -0.05) is 0 Å². The number of carbonyl (C=O) groups is 3. The van der Waals surface area contributed by atoms with Crippen LogP contribution in [0, 0.1) is 0 Å². The maximum absolute atomic E-state index is 11.6. The summed E-state index contributed by atoms with van der Waals surface area (Å²) in [6, 6.07) is 0. The van der Waals surface area contributed by atoms with E-state index in [0.29, 0.717) is 12.0 Å². The number of aldehydes is 1. The molecule has 18 heavy (non-hydrogen) atoms. The zero-order valence-corrected chi connectivity index (χ0v) is 11.4. The Labute approximate surface area is 110 Å². The Balaban J connectivity index is 4.45. The van der Waals surface area contributed by atoms with Gasteiger partial charge >= 0.3 is 5.97 Å². The van der Waals surface area contributed by atoms with Gasteiger partial charge in [-0.2, -0.15) is 11.8 Å². The number of thioether (sulfide) groups is 1. The van der Waals surface area contributed by atoms with Crippen molar-refractivity contribution < 1.29 is 24.2 Å². The summed E-state index contributed by atoms with van der Waals surface area (Å²) in [4.78, 5) is 42.1. The second kappa shape index (κ2) is 7.88. The van der Waals surface area contributed by atoms with E-state index in [-0.39, 0.29) is 18.0 Å². The Morgan fingerprint density at radius 1 is 1.33 bits per heavy atom. The van der Waals surface area contributed by atoms with Crippen molar-refractivity contribution in [2.75, 3.05) is 12.0 Å². The van der Waals surface area contributed by atoms with Gasteiger partial charge in [0.05, 0.1) is 0 Å². The minimum atomic E-state index is -1.72. The SMILES string of the molecule is CSCCC(N)(C=O)C(=O)OO/C(C)=C/C(C)=O. The molecule has 0 bridgehead atoms. The standard InChI is InChI=1S/C11H17NO5S/c1-8(14)6-9(2)16-17-10(15)11(12,7-13)4-5-18-3/h6-7H,4-5,12H2,1-3H3/b9-6+. The van der Waals surface area contributed by atoms with Crippen LogP contribution in [0.25, 0.3) is 0 Å². The summed E-state index contributed by atoms with van der Waals surface area (Å²) in [5, 5.41) is 0. The lowest BCUT2D eigenvalue weighted by Gasteiger charge is -2.19. The van der Waals surface area contributed by atoms with Crippen LogP contribution >= 0.6 is 11.8 Å². The van der Waals surface area contributed by atoms with Crippen LogP contribution in [0.5, 0.6) is 0 Å². The van der Waals surface area contributed by atoms with Gasteiger partial charge in [-0.3, -0.25) is 9.68 Å². The maximum atomic E-state index is 11.6. The van der Waals surface area contributed by atoms with Crippen molar-refractivity contribution in [2.45, 2.75) is 25.8 Å². The van der Waals surface area contributed by atoms with Crippen LogP contribution in [0.2, 0.25) is 0 Å². The number of allylic oxidation sites excluding steroid dienone is 2. The summed E-state index contributed by atoms with van der Waals surface area (Å²) in [5.74, 6) is -0.593. The molecule has 0 aromatic carbocycles. The highest BCUT2D eigenvalue weighted by molar-refractivity contribution is 7.98. The maximum Gasteiger partial charge on any atom is 0.382 e. The zero-order chi connectivity index (χ0) is 14.2. The Kier molecular flexibility index (Phi) is 7.30. The third-order valence-corrected chi connectivity index (χ3v) is 2.58. The molecule has 0 saturated heterocycles. The molecule has 0 aromatic heterocycles. The lowest BCUT2D eigenvalue weighted by Crippen LogP contribution is -2.51. The van der Waals surface area contributed by atoms with Crippen LogP contribution in [-0.4, -0.2) is 35.6 Å². The Morgan fingerprint density at radius 2 is 1.94 bits per heavy atom. The van der Waals surface area contributed by atoms with Crippen LogP contribution in [0.4, 0.5) is 0 Å². The van der Waals surface area contributed by atoms with E-state index in [9.17, 15) is 14.4 Å². The van der Waals surface area contributed by atoms with Crippen molar-refractivity contribution in [1.82, 2.24) is 0 Å². The van der Waals surface area contributed by atoms with Gasteiger partial charge in [0.1, 0.15) is 0 Å². The predicted molar refractivity (Wildman–Crippen MR) is 67.6 cm³/mol. The zero-order valence-electron chi connectivity index (χ0n) is 10.6. The molecule has 0 spiro atoms. The molecular weight excluding hydrogens is 258 g/mol. The van der Waals surface area contributed by atoms with Crippen molar-refractivity contribution in [1.29, 1.82) is 0 Å². The van der Waals surface area contributed by atoms with Crippen LogP contribution in [0.1, 0.15) is 20.3 Å². The number of nitrogens with two attached hydrogens (primary N) is 1. The second-order valence-electron chi connectivity index (χ2n) is 3.72. The number of rotatable bonds is 8. The summed E-state index contributed by atoms with van der Waals surface area (Å²) in [6.07, 6.45) is 3.45. The normalized spacial score (nSPS) is 14.6. The Morgan fingerprint density at radius 3 is 2.39 bits per heavy atom. The molecule has 0 heterocycles. The highest BCUT2D eigenvalue weighted by Crippen LogP contribution is 2.11. The van der Waals surface area contributed by atoms with Gasteiger partial charge in [0.15, 0.2) is 23.4 Å². The third-order valence-electron chi connectivity index (χ3n) is 1.97. The molecule has 0 aliphatic heterocycles. The Bertz CT molecular complexity index is 355. The molecule has 0 aliphatic rings. The van der Waals surface area contributed by atoms with Gasteiger partial charge in [-0.15, -0.1) is 0 Å². The summed E-state index contributed by atoms with van der Waals surface area (Å²) in [5.41, 5.74) is 3.87. The van der Waals surface area contributed by atoms with Crippen molar-refractivity contribution in [3.05, 3.63) is 11.8 Å². The summed E-state index contributed by atoms with van der Waals surface area (Å²) >= 11 is 1.45. The molecule has 6 nitrogen and oxygen atoms in total. The number of carbonyl (C=O) groups excluding carboxylic acids is 3. The van der Waals surface area contributed by atoms with Crippen molar-refractivity contribution >= 4 is 29.8 Å². The average Bonchev–Trinajstić information content (AvgIpc) is 2.32. The van der Waals surface area contributed by atoms with E-state index in [1.807, 2.05) is 6.26 Å². The molecule has 0 amide bonds. The van der Waals surface area contributed by atoms with Gasteiger partial charge in [-0.05, 0) is 32.3 Å². The van der Waals surface area contributed by atoms with Gasteiger partial charge in [0, 0.05) is 6.08 Å². The van der Waals surface area contributed by atoms with Crippen LogP contribution in [-0.2, 0) is 24.2 Å². The molecule has 0 rings (SSSR count). The molecule has 0 aliphatic carbocycles. The van der Waals surface area contributed by atoms with Gasteiger partial charge < -0.3 is 10.5 Å². The van der Waals surface area contributed by atoms with Crippen LogP contribution in [0.3, 0.4) is 0 Å². The molecular formula is C11H17NO5S. The van der Waals surface area contributed by atoms with E-state index in [0.717, 1.165) is 6.08 Å². The lowest BCUT2D eigenvalue weighted by molar-refractivity contribution is -0.251. The smallest absolute Gasteiger partial charge is 0.310 e. The van der Waals surface area contributed by atoms with Gasteiger partial charge in [-0.25, -0.2) is 9.68 Å². The summed E-state index contributed by atoms with van der Waals surface area (Å²) in [6.45, 7) is 2.77. The predicted octanol–water partition coefficient (Wildman–Crippen LogP) is 0.603. The van der Waals surface area contributed by atoms with Gasteiger partial charge in [0.25, 0.3) is 0 Å². The number of hydrogen-bond acceptors (Lipinski definition) is 7. The minimum absolute atomic E-state index is 0.106. The monoisotopic (exact) mass is 275 g/mol. The highest BCUT2D eigenvalue weighted by atomic mass is 32.2. The highest BCUT2D eigenvalue weighted by Gasteiger charge is 2.36. The first-order valence-electron chi connectivity index (χ1n) is 5.17. The van der Waals surface area contributed by atoms with Crippen molar-refractivity contribution in [2.24, 2.45) is 5.73 Å². The molecule has 0 aromatic rings. The van der Waals surface area contributed by atoms with E-state index >= 15 is 0 Å². The van der Waals surface area contributed by atoms with Crippen LogP contribution in [0.15, 0.2) is 11.8 Å². The molecule has 1 unspecified atom stereocenters. The summed E-state index contributed by atoms with van der Waals surface area (Å²) in [7, 11) is 0. The fourth-order valence-corrected chi connectivity index (χ4v) is 1.51. The third kappa shape index (κ3) is 5.83. The fraction of sp³-hybridized carbons (Fsp3) is 0.545. The largest absolute Gasteiger partial charge is 0.382 e. The van der Waals surface area contributed by atoms with Crippen molar-refractivity contribution in [3.8, 4) is 0 Å². The summed E-state index contributed by atoms with van der Waals surface area (Å²) < 4.78 is 0. The lowest BCUT2D eigenvalue weighted by atomic mass is 10.0.